The molecule has 3 N–H and O–H groups in total. The Kier molecular flexibility index (Phi) is 7.85. The van der Waals surface area contributed by atoms with Crippen LogP contribution in [0.2, 0.25) is 10.0 Å². The number of ether oxygens (including phenoxy) is 1. The van der Waals surface area contributed by atoms with Gasteiger partial charge in [0.25, 0.3) is 0 Å². The molecule has 1 atom stereocenters. The fraction of sp³-hybridized carbons (Fsp3) is 0.182. The Bertz CT molecular complexity index is 926. The van der Waals surface area contributed by atoms with Crippen molar-refractivity contribution in [1.29, 1.82) is 5.41 Å². The standard InChI is InChI=1S/C20H17Cl2N3O.C2H6/c1-12(19-16(21)10-25-11-17(19)22)26-14-7-8-18(23)15(9-14)20(24)13-5-3-2-4-6-13;1-2/h2-12,24H,23H2,1H3;1-2H3. The van der Waals surface area contributed by atoms with Crippen molar-refractivity contribution in [2.24, 2.45) is 0 Å². The second-order valence-electron chi connectivity index (χ2n) is 5.77. The molecule has 0 saturated heterocycles. The van der Waals surface area contributed by atoms with E-state index < -0.39 is 0 Å². The molecular formula is C22H23Cl2N3O. The number of halogens is 2. The van der Waals surface area contributed by atoms with Crippen LogP contribution >= 0.6 is 23.2 Å². The fourth-order valence-corrected chi connectivity index (χ4v) is 3.33. The number of nitrogens with zero attached hydrogens (tertiary/aromatic N) is 1. The molecule has 0 aliphatic heterocycles. The van der Waals surface area contributed by atoms with Crippen molar-refractivity contribution < 1.29 is 4.74 Å². The molecule has 0 radical (unpaired) electrons. The minimum atomic E-state index is -0.389. The molecule has 1 aromatic heterocycles. The average molecular weight is 416 g/mol. The number of benzene rings is 2. The fourth-order valence-electron chi connectivity index (χ4n) is 2.66. The van der Waals surface area contributed by atoms with Crippen molar-refractivity contribution in [1.82, 2.24) is 4.98 Å². The third-order valence-corrected chi connectivity index (χ3v) is 4.57. The van der Waals surface area contributed by atoms with Crippen molar-refractivity contribution in [2.75, 3.05) is 5.73 Å². The first-order valence-electron chi connectivity index (χ1n) is 8.96. The highest BCUT2D eigenvalue weighted by molar-refractivity contribution is 6.35. The maximum Gasteiger partial charge on any atom is 0.124 e. The van der Waals surface area contributed by atoms with Crippen molar-refractivity contribution in [3.63, 3.8) is 0 Å². The van der Waals surface area contributed by atoms with E-state index in [0.717, 1.165) is 5.56 Å². The van der Waals surface area contributed by atoms with Gasteiger partial charge < -0.3 is 10.5 Å². The predicted molar refractivity (Wildman–Crippen MR) is 118 cm³/mol. The molecule has 28 heavy (non-hydrogen) atoms. The van der Waals surface area contributed by atoms with Crippen LogP contribution in [-0.2, 0) is 0 Å². The van der Waals surface area contributed by atoms with Crippen molar-refractivity contribution in [2.45, 2.75) is 26.9 Å². The summed E-state index contributed by atoms with van der Waals surface area (Å²) < 4.78 is 5.99. The summed E-state index contributed by atoms with van der Waals surface area (Å²) in [4.78, 5) is 3.95. The molecule has 146 valence electrons. The summed E-state index contributed by atoms with van der Waals surface area (Å²) in [6, 6.07) is 14.7. The molecule has 0 spiro atoms. The molecule has 1 unspecified atom stereocenters. The smallest absolute Gasteiger partial charge is 0.124 e. The van der Waals surface area contributed by atoms with Crippen LogP contribution in [-0.4, -0.2) is 10.7 Å². The Labute approximate surface area is 175 Å². The van der Waals surface area contributed by atoms with Crippen LogP contribution in [0.25, 0.3) is 0 Å². The Morgan fingerprint density at radius 3 is 2.25 bits per heavy atom. The van der Waals surface area contributed by atoms with Gasteiger partial charge in [-0.3, -0.25) is 10.4 Å². The number of nitrogens with one attached hydrogen (secondary N) is 1. The summed E-state index contributed by atoms with van der Waals surface area (Å²) >= 11 is 12.4. The molecule has 6 heteroatoms. The van der Waals surface area contributed by atoms with Crippen LogP contribution in [0.5, 0.6) is 5.75 Å². The lowest BCUT2D eigenvalue weighted by atomic mass is 10.0. The second kappa shape index (κ2) is 10.1. The van der Waals surface area contributed by atoms with Crippen molar-refractivity contribution in [3.8, 4) is 5.75 Å². The number of hydrogen-bond acceptors (Lipinski definition) is 4. The molecule has 0 bridgehead atoms. The molecular weight excluding hydrogens is 393 g/mol. The molecule has 0 fully saturated rings. The van der Waals surface area contributed by atoms with Gasteiger partial charge in [0.15, 0.2) is 0 Å². The minimum Gasteiger partial charge on any atom is -0.486 e. The van der Waals surface area contributed by atoms with Crippen LogP contribution in [0.4, 0.5) is 5.69 Å². The van der Waals surface area contributed by atoms with Gasteiger partial charge >= 0.3 is 0 Å². The van der Waals surface area contributed by atoms with Gasteiger partial charge in [0.2, 0.25) is 0 Å². The van der Waals surface area contributed by atoms with Crippen molar-refractivity contribution in [3.05, 3.63) is 87.7 Å². The SMILES string of the molecule is CC.CC(Oc1ccc(N)c(C(=N)c2ccccc2)c1)c1c(Cl)cncc1Cl. The monoisotopic (exact) mass is 415 g/mol. The lowest BCUT2D eigenvalue weighted by Crippen LogP contribution is -2.08. The average Bonchev–Trinajstić information content (AvgIpc) is 2.71. The minimum absolute atomic E-state index is 0.334. The zero-order valence-electron chi connectivity index (χ0n) is 16.0. The molecule has 1 heterocycles. The molecule has 3 rings (SSSR count). The maximum absolute atomic E-state index is 8.44. The Morgan fingerprint density at radius 2 is 1.64 bits per heavy atom. The number of pyridine rings is 1. The van der Waals surface area contributed by atoms with E-state index in [-0.39, 0.29) is 6.10 Å². The van der Waals surface area contributed by atoms with Crippen LogP contribution in [0.1, 0.15) is 43.6 Å². The first-order valence-corrected chi connectivity index (χ1v) is 9.72. The zero-order chi connectivity index (χ0) is 20.7. The largest absolute Gasteiger partial charge is 0.486 e. The summed E-state index contributed by atoms with van der Waals surface area (Å²) in [7, 11) is 0. The number of nitrogen functional groups attached to an aromatic ring is 1. The molecule has 0 aliphatic carbocycles. The van der Waals surface area contributed by atoms with E-state index in [1.165, 1.54) is 12.4 Å². The first-order chi connectivity index (χ1) is 13.5. The van der Waals surface area contributed by atoms with E-state index in [0.29, 0.717) is 38.3 Å². The van der Waals surface area contributed by atoms with Gasteiger partial charge in [-0.05, 0) is 25.1 Å². The molecule has 2 aromatic carbocycles. The highest BCUT2D eigenvalue weighted by Crippen LogP contribution is 2.33. The van der Waals surface area contributed by atoms with Gasteiger partial charge in [-0.2, -0.15) is 0 Å². The Hall–Kier alpha value is -2.56. The molecule has 3 aromatic rings. The summed E-state index contributed by atoms with van der Waals surface area (Å²) in [6.45, 7) is 5.85. The van der Waals surface area contributed by atoms with E-state index in [1.54, 1.807) is 18.2 Å². The van der Waals surface area contributed by atoms with Crippen LogP contribution in [0, 0.1) is 5.41 Å². The van der Waals surface area contributed by atoms with Crippen molar-refractivity contribution >= 4 is 34.6 Å². The van der Waals surface area contributed by atoms with E-state index in [2.05, 4.69) is 4.98 Å². The van der Waals surface area contributed by atoms with Crippen LogP contribution < -0.4 is 10.5 Å². The summed E-state index contributed by atoms with van der Waals surface area (Å²) in [6.07, 6.45) is 2.67. The van der Waals surface area contributed by atoms with Crippen LogP contribution in [0.15, 0.2) is 60.9 Å². The van der Waals surface area contributed by atoms with Gasteiger partial charge in [0.05, 0.1) is 15.8 Å². The number of aromatic nitrogens is 1. The van der Waals surface area contributed by atoms with Crippen LogP contribution in [0.3, 0.4) is 0 Å². The Balaban J connectivity index is 0.00000136. The highest BCUT2D eigenvalue weighted by atomic mass is 35.5. The second-order valence-corrected chi connectivity index (χ2v) is 6.58. The molecule has 0 saturated carbocycles. The predicted octanol–water partition coefficient (Wildman–Crippen LogP) is 6.55. The lowest BCUT2D eigenvalue weighted by molar-refractivity contribution is 0.227. The van der Waals surface area contributed by atoms with E-state index in [4.69, 9.17) is 39.1 Å². The Morgan fingerprint density at radius 1 is 1.04 bits per heavy atom. The highest BCUT2D eigenvalue weighted by Gasteiger charge is 2.17. The topological polar surface area (TPSA) is 72.0 Å². The number of rotatable bonds is 5. The van der Waals surface area contributed by atoms with Gasteiger partial charge in [0, 0.05) is 34.8 Å². The lowest BCUT2D eigenvalue weighted by Gasteiger charge is -2.18. The first kappa shape index (κ1) is 21.7. The van der Waals surface area contributed by atoms with Gasteiger partial charge in [0.1, 0.15) is 11.9 Å². The zero-order valence-corrected chi connectivity index (χ0v) is 17.6. The molecule has 4 nitrogen and oxygen atoms in total. The third kappa shape index (κ3) is 5.03. The maximum atomic E-state index is 8.44. The van der Waals surface area contributed by atoms with E-state index >= 15 is 0 Å². The molecule has 0 aliphatic rings. The van der Waals surface area contributed by atoms with E-state index in [9.17, 15) is 0 Å². The summed E-state index contributed by atoms with van der Waals surface area (Å²) in [5.74, 6) is 0.575. The van der Waals surface area contributed by atoms with E-state index in [1.807, 2.05) is 51.1 Å². The number of hydrogen-bond donors (Lipinski definition) is 2. The summed E-state index contributed by atoms with van der Waals surface area (Å²) in [5, 5.41) is 9.32. The quantitative estimate of drug-likeness (QED) is 0.366. The summed E-state index contributed by atoms with van der Waals surface area (Å²) in [5.41, 5.74) is 8.97. The number of nitrogens with two attached hydrogens (primary N) is 1. The van der Waals surface area contributed by atoms with Gasteiger partial charge in [-0.25, -0.2) is 0 Å². The van der Waals surface area contributed by atoms with Gasteiger partial charge in [-0.15, -0.1) is 0 Å². The van der Waals surface area contributed by atoms with Gasteiger partial charge in [-0.1, -0.05) is 67.4 Å². The number of anilines is 1. The third-order valence-electron chi connectivity index (χ3n) is 3.97. The molecule has 0 amide bonds. The normalized spacial score (nSPS) is 11.2.